The third-order valence-corrected chi connectivity index (χ3v) is 6.72. The largest absolute Gasteiger partial charge is 0.324 e. The van der Waals surface area contributed by atoms with Crippen LogP contribution < -0.4 is 10.6 Å². The van der Waals surface area contributed by atoms with E-state index in [1.165, 1.54) is 23.1 Å². The van der Waals surface area contributed by atoms with E-state index in [1.807, 2.05) is 49.4 Å². The minimum absolute atomic E-state index is 0.142. The van der Waals surface area contributed by atoms with Crippen LogP contribution in [0, 0.1) is 12.8 Å². The number of rotatable bonds is 3. The standard InChI is InChI=1S/C19H17N3O2S2/c1-10-7-8-13-15(9-10)26-19(21-13)22-17(23)11(2)16-18(24)20-12-5-3-4-6-14(12)25-16/h3-9,11,16H,1-2H3,(H,20,24)(H,21,22,23). The Morgan fingerprint density at radius 2 is 2.08 bits per heavy atom. The van der Waals surface area contributed by atoms with Crippen LogP contribution in [0.2, 0.25) is 0 Å². The maximum Gasteiger partial charge on any atom is 0.238 e. The van der Waals surface area contributed by atoms with Crippen LogP contribution in [0.4, 0.5) is 10.8 Å². The van der Waals surface area contributed by atoms with Crippen LogP contribution >= 0.6 is 23.1 Å². The van der Waals surface area contributed by atoms with Crippen molar-refractivity contribution in [1.29, 1.82) is 0 Å². The van der Waals surface area contributed by atoms with Crippen LogP contribution in [-0.4, -0.2) is 22.0 Å². The smallest absolute Gasteiger partial charge is 0.238 e. The van der Waals surface area contributed by atoms with Crippen molar-refractivity contribution in [2.45, 2.75) is 24.0 Å². The molecule has 0 spiro atoms. The zero-order valence-corrected chi connectivity index (χ0v) is 15.9. The van der Waals surface area contributed by atoms with Crippen molar-refractivity contribution in [2.24, 2.45) is 5.92 Å². The SMILES string of the molecule is Cc1ccc2nc(NC(=O)C(C)C3Sc4ccccc4NC3=O)sc2c1. The molecule has 0 aliphatic carbocycles. The third-order valence-electron chi connectivity index (χ3n) is 4.30. The number of benzene rings is 2. The van der Waals surface area contributed by atoms with Gasteiger partial charge in [-0.15, -0.1) is 11.8 Å². The molecule has 0 saturated carbocycles. The molecule has 2 amide bonds. The summed E-state index contributed by atoms with van der Waals surface area (Å²) in [7, 11) is 0. The predicted octanol–water partition coefficient (Wildman–Crippen LogP) is 4.29. The Morgan fingerprint density at radius 1 is 1.27 bits per heavy atom. The van der Waals surface area contributed by atoms with Crippen molar-refractivity contribution < 1.29 is 9.59 Å². The van der Waals surface area contributed by atoms with Gasteiger partial charge in [-0.3, -0.25) is 9.59 Å². The van der Waals surface area contributed by atoms with E-state index in [2.05, 4.69) is 15.6 Å². The molecule has 2 N–H and O–H groups in total. The minimum Gasteiger partial charge on any atom is -0.324 e. The highest BCUT2D eigenvalue weighted by atomic mass is 32.2. The van der Waals surface area contributed by atoms with Crippen LogP contribution in [0.3, 0.4) is 0 Å². The normalized spacial score (nSPS) is 17.5. The quantitative estimate of drug-likeness (QED) is 0.708. The van der Waals surface area contributed by atoms with Gasteiger partial charge in [-0.1, -0.05) is 36.5 Å². The highest BCUT2D eigenvalue weighted by Crippen LogP contribution is 2.38. The lowest BCUT2D eigenvalue weighted by Gasteiger charge is -2.27. The summed E-state index contributed by atoms with van der Waals surface area (Å²) in [5.74, 6) is -0.828. The summed E-state index contributed by atoms with van der Waals surface area (Å²) in [6.45, 7) is 3.80. The van der Waals surface area contributed by atoms with Crippen molar-refractivity contribution >= 4 is 55.9 Å². The molecule has 26 heavy (non-hydrogen) atoms. The number of hydrogen-bond acceptors (Lipinski definition) is 5. The zero-order valence-electron chi connectivity index (χ0n) is 14.3. The van der Waals surface area contributed by atoms with Gasteiger partial charge in [0.2, 0.25) is 11.8 Å². The van der Waals surface area contributed by atoms with E-state index >= 15 is 0 Å². The first-order chi connectivity index (χ1) is 12.5. The lowest BCUT2D eigenvalue weighted by Crippen LogP contribution is -2.39. The van der Waals surface area contributed by atoms with E-state index in [4.69, 9.17) is 0 Å². The van der Waals surface area contributed by atoms with Gasteiger partial charge in [0.05, 0.1) is 27.1 Å². The average molecular weight is 383 g/mol. The fraction of sp³-hybridized carbons (Fsp3) is 0.211. The summed E-state index contributed by atoms with van der Waals surface area (Å²) in [6.07, 6.45) is 0. The number of anilines is 2. The molecule has 1 aliphatic heterocycles. The fourth-order valence-corrected chi connectivity index (χ4v) is 4.98. The number of fused-ring (bicyclic) bond motifs is 2. The molecular weight excluding hydrogens is 366 g/mol. The minimum atomic E-state index is -0.484. The van der Waals surface area contributed by atoms with E-state index < -0.39 is 11.2 Å². The second-order valence-corrected chi connectivity index (χ2v) is 8.51. The summed E-state index contributed by atoms with van der Waals surface area (Å²) < 4.78 is 1.03. The van der Waals surface area contributed by atoms with E-state index in [0.717, 1.165) is 26.4 Å². The number of para-hydroxylation sites is 1. The fourth-order valence-electron chi connectivity index (χ4n) is 2.84. The van der Waals surface area contributed by atoms with E-state index in [-0.39, 0.29) is 11.8 Å². The Hall–Kier alpha value is -2.38. The van der Waals surface area contributed by atoms with E-state index in [9.17, 15) is 9.59 Å². The number of amides is 2. The first-order valence-corrected chi connectivity index (χ1v) is 9.95. The Kier molecular flexibility index (Phi) is 4.42. The lowest BCUT2D eigenvalue weighted by molar-refractivity contribution is -0.123. The van der Waals surface area contributed by atoms with Gasteiger partial charge in [0.1, 0.15) is 0 Å². The summed E-state index contributed by atoms with van der Waals surface area (Å²) in [4.78, 5) is 30.5. The molecule has 132 valence electrons. The molecule has 2 aromatic carbocycles. The van der Waals surface area contributed by atoms with Gasteiger partial charge in [-0.25, -0.2) is 4.98 Å². The van der Waals surface area contributed by atoms with Crippen LogP contribution in [0.15, 0.2) is 47.4 Å². The molecule has 1 aliphatic rings. The zero-order chi connectivity index (χ0) is 18.3. The molecule has 2 heterocycles. The second-order valence-electron chi connectivity index (χ2n) is 6.29. The Morgan fingerprint density at radius 3 is 2.92 bits per heavy atom. The number of thiazole rings is 1. The highest BCUT2D eigenvalue weighted by molar-refractivity contribution is 8.01. The van der Waals surface area contributed by atoms with Gasteiger partial charge in [-0.05, 0) is 36.8 Å². The lowest BCUT2D eigenvalue weighted by atomic mass is 10.1. The number of thioether (sulfide) groups is 1. The molecular formula is C19H17N3O2S2. The average Bonchev–Trinajstić information content (AvgIpc) is 3.01. The summed E-state index contributed by atoms with van der Waals surface area (Å²) in [5, 5.41) is 5.84. The van der Waals surface area contributed by atoms with E-state index in [0.29, 0.717) is 5.13 Å². The Labute approximate surface area is 159 Å². The molecule has 0 bridgehead atoms. The molecule has 1 aromatic heterocycles. The monoisotopic (exact) mass is 383 g/mol. The number of aromatic nitrogens is 1. The van der Waals surface area contributed by atoms with Crippen molar-refractivity contribution in [3.05, 3.63) is 48.0 Å². The van der Waals surface area contributed by atoms with Crippen LogP contribution in [0.5, 0.6) is 0 Å². The molecule has 5 nitrogen and oxygen atoms in total. The van der Waals surface area contributed by atoms with Gasteiger partial charge < -0.3 is 10.6 Å². The maximum absolute atomic E-state index is 12.7. The summed E-state index contributed by atoms with van der Waals surface area (Å²) >= 11 is 2.87. The number of nitrogens with one attached hydrogen (secondary N) is 2. The maximum atomic E-state index is 12.7. The highest BCUT2D eigenvalue weighted by Gasteiger charge is 2.35. The third kappa shape index (κ3) is 3.20. The topological polar surface area (TPSA) is 71.1 Å². The molecule has 4 rings (SSSR count). The number of carbonyl (C=O) groups is 2. The van der Waals surface area contributed by atoms with Crippen LogP contribution in [0.1, 0.15) is 12.5 Å². The van der Waals surface area contributed by atoms with Gasteiger partial charge in [0, 0.05) is 4.90 Å². The molecule has 0 saturated heterocycles. The van der Waals surface area contributed by atoms with Gasteiger partial charge in [0.25, 0.3) is 0 Å². The number of nitrogens with zero attached hydrogens (tertiary/aromatic N) is 1. The Bertz CT molecular complexity index is 1010. The van der Waals surface area contributed by atoms with Gasteiger partial charge in [-0.2, -0.15) is 0 Å². The second kappa shape index (κ2) is 6.74. The number of hydrogen-bond donors (Lipinski definition) is 2. The van der Waals surface area contributed by atoms with Crippen LogP contribution in [-0.2, 0) is 9.59 Å². The van der Waals surface area contributed by atoms with Crippen molar-refractivity contribution in [2.75, 3.05) is 10.6 Å². The van der Waals surface area contributed by atoms with Gasteiger partial charge >= 0.3 is 0 Å². The van der Waals surface area contributed by atoms with Crippen LogP contribution in [0.25, 0.3) is 10.2 Å². The molecule has 0 fully saturated rings. The summed E-state index contributed by atoms with van der Waals surface area (Å²) in [6, 6.07) is 13.6. The molecule has 3 aromatic rings. The van der Waals surface area contributed by atoms with Crippen molar-refractivity contribution in [3.8, 4) is 0 Å². The van der Waals surface area contributed by atoms with Crippen molar-refractivity contribution in [3.63, 3.8) is 0 Å². The molecule has 2 unspecified atom stereocenters. The molecule has 0 radical (unpaired) electrons. The number of carbonyl (C=O) groups excluding carboxylic acids is 2. The van der Waals surface area contributed by atoms with E-state index in [1.54, 1.807) is 6.92 Å². The van der Waals surface area contributed by atoms with Crippen molar-refractivity contribution in [1.82, 2.24) is 4.98 Å². The first kappa shape index (κ1) is 17.1. The number of aryl methyl sites for hydroxylation is 1. The summed E-state index contributed by atoms with van der Waals surface area (Å²) in [5.41, 5.74) is 2.82. The van der Waals surface area contributed by atoms with Gasteiger partial charge in [0.15, 0.2) is 5.13 Å². The Balaban J connectivity index is 1.51. The first-order valence-electron chi connectivity index (χ1n) is 8.26. The predicted molar refractivity (Wildman–Crippen MR) is 107 cm³/mol. The molecule has 7 heteroatoms. The molecule has 2 atom stereocenters.